The molecule has 1 aromatic heterocycles. The van der Waals surface area contributed by atoms with Crippen LogP contribution in [0.1, 0.15) is 48.1 Å². The molecule has 5 nitrogen and oxygen atoms in total. The van der Waals surface area contributed by atoms with E-state index in [1.165, 1.54) is 0 Å². The van der Waals surface area contributed by atoms with Gasteiger partial charge in [0, 0.05) is 0 Å². The minimum atomic E-state index is -0.985. The molecule has 0 aliphatic carbocycles. The number of aromatic nitrogens is 1. The lowest BCUT2D eigenvalue weighted by molar-refractivity contribution is 0.0701. The molecule has 118 valence electrons. The predicted molar refractivity (Wildman–Crippen MR) is 86.6 cm³/mol. The summed E-state index contributed by atoms with van der Waals surface area (Å²) >= 11 is 1.11. The number of carbonyl (C=O) groups is 1. The number of aryl methyl sites for hydroxylation is 1. The third kappa shape index (κ3) is 4.71. The molecule has 0 radical (unpaired) electrons. The van der Waals surface area contributed by atoms with Gasteiger partial charge in [-0.2, -0.15) is 5.26 Å². The largest absolute Gasteiger partial charge is 0.497 e. The number of ether oxygens (including phenoxy) is 1. The Morgan fingerprint density at radius 3 is 2.59 bits per heavy atom. The number of thiazole rings is 1. The van der Waals surface area contributed by atoms with Crippen LogP contribution in [0.15, 0.2) is 17.4 Å². The van der Waals surface area contributed by atoms with E-state index in [1.54, 1.807) is 26.8 Å². The summed E-state index contributed by atoms with van der Waals surface area (Å²) in [4.78, 5) is 15.5. The Kier molecular flexibility index (Phi) is 6.32. The van der Waals surface area contributed by atoms with E-state index >= 15 is 0 Å². The van der Waals surface area contributed by atoms with Crippen molar-refractivity contribution in [2.24, 2.45) is 5.92 Å². The molecule has 1 rings (SSSR count). The molecular weight excluding hydrogens is 300 g/mol. The van der Waals surface area contributed by atoms with E-state index in [-0.39, 0.29) is 4.88 Å². The highest BCUT2D eigenvalue weighted by Crippen LogP contribution is 2.25. The van der Waals surface area contributed by atoms with Gasteiger partial charge < -0.3 is 9.84 Å². The topological polar surface area (TPSA) is 83.2 Å². The molecular formula is C16H20N2O3S. The number of hydrogen-bond donors (Lipinski definition) is 1. The van der Waals surface area contributed by atoms with Crippen molar-refractivity contribution in [2.45, 2.75) is 34.6 Å². The first-order valence-electron chi connectivity index (χ1n) is 6.89. The van der Waals surface area contributed by atoms with E-state index in [0.29, 0.717) is 34.6 Å². The zero-order valence-corrected chi connectivity index (χ0v) is 14.2. The SMILES string of the molecule is CC(=CC(C#N)=C(C)OCC(C)C)c1nc(C)c(C(=O)O)s1. The molecule has 0 spiro atoms. The maximum atomic E-state index is 11.1. The average molecular weight is 320 g/mol. The summed E-state index contributed by atoms with van der Waals surface area (Å²) in [6.45, 7) is 9.83. The van der Waals surface area contributed by atoms with E-state index in [0.717, 1.165) is 16.9 Å². The molecule has 0 aliphatic rings. The fourth-order valence-corrected chi connectivity index (χ4v) is 2.50. The number of carboxylic acids is 1. The van der Waals surface area contributed by atoms with Crippen LogP contribution in [0.5, 0.6) is 0 Å². The summed E-state index contributed by atoms with van der Waals surface area (Å²) < 4.78 is 5.56. The highest BCUT2D eigenvalue weighted by molar-refractivity contribution is 7.14. The Morgan fingerprint density at radius 2 is 2.14 bits per heavy atom. The van der Waals surface area contributed by atoms with E-state index in [4.69, 9.17) is 9.84 Å². The summed E-state index contributed by atoms with van der Waals surface area (Å²) in [5, 5.41) is 18.9. The second-order valence-corrected chi connectivity index (χ2v) is 6.35. The molecule has 1 aromatic rings. The third-order valence-electron chi connectivity index (χ3n) is 2.82. The molecule has 0 amide bonds. The highest BCUT2D eigenvalue weighted by Gasteiger charge is 2.15. The van der Waals surface area contributed by atoms with Gasteiger partial charge in [-0.15, -0.1) is 11.3 Å². The van der Waals surface area contributed by atoms with Crippen molar-refractivity contribution >= 4 is 22.9 Å². The minimum absolute atomic E-state index is 0.220. The van der Waals surface area contributed by atoms with Crippen LogP contribution in [-0.2, 0) is 4.74 Å². The summed E-state index contributed by atoms with van der Waals surface area (Å²) in [6, 6.07) is 2.11. The molecule has 0 saturated heterocycles. The van der Waals surface area contributed by atoms with Gasteiger partial charge in [0.15, 0.2) is 0 Å². The van der Waals surface area contributed by atoms with E-state index in [2.05, 4.69) is 11.1 Å². The zero-order valence-electron chi connectivity index (χ0n) is 13.4. The number of aromatic carboxylic acids is 1. The summed E-state index contributed by atoms with van der Waals surface area (Å²) in [6.07, 6.45) is 1.68. The number of nitrogens with zero attached hydrogens (tertiary/aromatic N) is 2. The number of nitriles is 1. The van der Waals surface area contributed by atoms with Gasteiger partial charge in [0.25, 0.3) is 0 Å². The smallest absolute Gasteiger partial charge is 0.347 e. The summed E-state index contributed by atoms with van der Waals surface area (Å²) in [7, 11) is 0. The lowest BCUT2D eigenvalue weighted by Crippen LogP contribution is -2.01. The van der Waals surface area contributed by atoms with E-state index in [1.807, 2.05) is 13.8 Å². The lowest BCUT2D eigenvalue weighted by atomic mass is 10.1. The molecule has 0 bridgehead atoms. The van der Waals surface area contributed by atoms with Crippen LogP contribution in [0.25, 0.3) is 5.57 Å². The first kappa shape index (κ1) is 17.9. The number of hydrogen-bond acceptors (Lipinski definition) is 5. The standard InChI is InChI=1S/C16H20N2O3S/c1-9(2)8-21-12(5)13(7-17)6-10(3)15-18-11(4)14(22-15)16(19)20/h6,9H,8H2,1-5H3,(H,19,20). The van der Waals surface area contributed by atoms with E-state index in [9.17, 15) is 10.1 Å². The van der Waals surface area contributed by atoms with Gasteiger partial charge in [0.2, 0.25) is 0 Å². The second kappa shape index (κ2) is 7.76. The average Bonchev–Trinajstić information content (AvgIpc) is 2.84. The maximum Gasteiger partial charge on any atom is 0.347 e. The Hall–Kier alpha value is -2.13. The minimum Gasteiger partial charge on any atom is -0.497 e. The molecule has 0 saturated carbocycles. The van der Waals surface area contributed by atoms with E-state index < -0.39 is 5.97 Å². The van der Waals surface area contributed by atoms with Gasteiger partial charge in [-0.25, -0.2) is 9.78 Å². The molecule has 0 fully saturated rings. The van der Waals surface area contributed by atoms with Crippen LogP contribution in [-0.4, -0.2) is 22.7 Å². The fraction of sp³-hybridized carbons (Fsp3) is 0.438. The van der Waals surface area contributed by atoms with Crippen molar-refractivity contribution in [2.75, 3.05) is 6.61 Å². The summed E-state index contributed by atoms with van der Waals surface area (Å²) in [5.41, 5.74) is 1.64. The van der Waals surface area contributed by atoms with Gasteiger partial charge in [0.05, 0.1) is 17.9 Å². The number of allylic oxidation sites excluding steroid dienone is 4. The molecule has 1 heterocycles. The molecule has 6 heteroatoms. The normalized spacial score (nSPS) is 12.9. The molecule has 0 atom stereocenters. The zero-order chi connectivity index (χ0) is 16.9. The van der Waals surface area contributed by atoms with Crippen LogP contribution in [0.2, 0.25) is 0 Å². The Balaban J connectivity index is 3.08. The van der Waals surface area contributed by atoms with Crippen molar-refractivity contribution in [3.8, 4) is 6.07 Å². The van der Waals surface area contributed by atoms with Crippen LogP contribution in [0.4, 0.5) is 0 Å². The van der Waals surface area contributed by atoms with Crippen molar-refractivity contribution in [3.05, 3.63) is 33.0 Å². The lowest BCUT2D eigenvalue weighted by Gasteiger charge is -2.09. The molecule has 22 heavy (non-hydrogen) atoms. The predicted octanol–water partition coefficient (Wildman–Crippen LogP) is 4.02. The first-order valence-corrected chi connectivity index (χ1v) is 7.71. The van der Waals surface area contributed by atoms with Crippen LogP contribution < -0.4 is 0 Å². The van der Waals surface area contributed by atoms with Crippen molar-refractivity contribution in [1.29, 1.82) is 5.26 Å². The Labute approximate surface area is 134 Å². The van der Waals surface area contributed by atoms with Gasteiger partial charge in [0.1, 0.15) is 21.7 Å². The van der Waals surface area contributed by atoms with Gasteiger partial charge in [-0.3, -0.25) is 0 Å². The monoisotopic (exact) mass is 320 g/mol. The second-order valence-electron chi connectivity index (χ2n) is 5.35. The third-order valence-corrected chi connectivity index (χ3v) is 4.10. The van der Waals surface area contributed by atoms with Crippen LogP contribution in [0.3, 0.4) is 0 Å². The Bertz CT molecular complexity index is 663. The summed E-state index contributed by atoms with van der Waals surface area (Å²) in [5.74, 6) is -0.0523. The Morgan fingerprint density at radius 1 is 1.50 bits per heavy atom. The quantitative estimate of drug-likeness (QED) is 0.486. The van der Waals surface area contributed by atoms with Gasteiger partial charge in [-0.1, -0.05) is 13.8 Å². The fourth-order valence-electron chi connectivity index (χ4n) is 1.62. The molecule has 0 unspecified atom stereocenters. The first-order chi connectivity index (χ1) is 10.3. The van der Waals surface area contributed by atoms with Crippen LogP contribution >= 0.6 is 11.3 Å². The van der Waals surface area contributed by atoms with Crippen molar-refractivity contribution in [3.63, 3.8) is 0 Å². The maximum absolute atomic E-state index is 11.1. The molecule has 1 N–H and O–H groups in total. The van der Waals surface area contributed by atoms with Crippen LogP contribution in [0, 0.1) is 24.2 Å². The molecule has 0 aliphatic heterocycles. The highest BCUT2D eigenvalue weighted by atomic mass is 32.1. The van der Waals surface area contributed by atoms with Gasteiger partial charge in [-0.05, 0) is 38.3 Å². The van der Waals surface area contributed by atoms with Crippen molar-refractivity contribution in [1.82, 2.24) is 4.98 Å². The molecule has 0 aromatic carbocycles. The van der Waals surface area contributed by atoms with Crippen molar-refractivity contribution < 1.29 is 14.6 Å². The van der Waals surface area contributed by atoms with Gasteiger partial charge >= 0.3 is 5.97 Å². The number of carboxylic acid groups (broad SMARTS) is 1. The number of rotatable bonds is 6.